The van der Waals surface area contributed by atoms with Crippen LogP contribution >= 0.6 is 0 Å². The molecule has 1 N–H and O–H groups in total. The molecule has 4 nitrogen and oxygen atoms in total. The van der Waals surface area contributed by atoms with E-state index >= 15 is 0 Å². The van der Waals surface area contributed by atoms with Gasteiger partial charge in [-0.1, -0.05) is 6.07 Å². The second-order valence-corrected chi connectivity index (χ2v) is 4.65. The van der Waals surface area contributed by atoms with E-state index in [-0.39, 0.29) is 5.94 Å². The van der Waals surface area contributed by atoms with Crippen LogP contribution in [0.3, 0.4) is 0 Å². The van der Waals surface area contributed by atoms with Crippen molar-refractivity contribution < 1.29 is 13.2 Å². The number of anilines is 1. The van der Waals surface area contributed by atoms with Crippen molar-refractivity contribution in [2.75, 3.05) is 10.7 Å². The predicted octanol–water partition coefficient (Wildman–Crippen LogP) is 1.09. The topological polar surface area (TPSA) is 55.4 Å². The van der Waals surface area contributed by atoms with Gasteiger partial charge in [0.05, 0.1) is 5.69 Å². The maximum Gasteiger partial charge on any atom is 0.268 e. The Kier molecular flexibility index (Phi) is 1.69. The Morgan fingerprint density at radius 1 is 1.46 bits per heavy atom. The summed E-state index contributed by atoms with van der Waals surface area (Å²) in [7, 11) is -3.29. The van der Waals surface area contributed by atoms with Crippen molar-refractivity contribution in [3.05, 3.63) is 23.8 Å². The number of rotatable bonds is 0. The number of sulfonamides is 1. The van der Waals surface area contributed by atoms with Crippen LogP contribution in [0.2, 0.25) is 0 Å². The number of fused-ring (bicyclic) bond motifs is 1. The smallest absolute Gasteiger partial charge is 0.268 e. The van der Waals surface area contributed by atoms with Crippen LogP contribution in [0.25, 0.3) is 0 Å². The Hall–Kier alpha value is -1.23. The summed E-state index contributed by atoms with van der Waals surface area (Å²) in [6.45, 7) is 1.89. The second kappa shape index (κ2) is 2.63. The number of hydrogen-bond donors (Lipinski definition) is 1. The summed E-state index contributed by atoms with van der Waals surface area (Å²) < 4.78 is 29.6. The fourth-order valence-corrected chi connectivity index (χ4v) is 2.02. The van der Waals surface area contributed by atoms with Crippen molar-refractivity contribution in [2.45, 2.75) is 6.92 Å². The molecule has 1 heterocycles. The minimum Gasteiger partial charge on any atom is -0.474 e. The molecule has 13 heavy (non-hydrogen) atoms. The SMILES string of the molecule is Cc1ccc2c(c1)NS(=O)(=O)CO2. The van der Waals surface area contributed by atoms with E-state index in [1.165, 1.54) is 0 Å². The maximum atomic E-state index is 11.1. The molecule has 0 fully saturated rings. The van der Waals surface area contributed by atoms with Crippen LogP contribution in [0.5, 0.6) is 5.75 Å². The van der Waals surface area contributed by atoms with Crippen LogP contribution < -0.4 is 9.46 Å². The minimum atomic E-state index is -3.29. The van der Waals surface area contributed by atoms with Gasteiger partial charge in [-0.05, 0) is 24.6 Å². The van der Waals surface area contributed by atoms with E-state index in [0.29, 0.717) is 11.4 Å². The average Bonchev–Trinajstić information content (AvgIpc) is 2.01. The quantitative estimate of drug-likeness (QED) is 0.680. The predicted molar refractivity (Wildman–Crippen MR) is 49.2 cm³/mol. The first-order chi connectivity index (χ1) is 6.07. The first kappa shape index (κ1) is 8.37. The molecule has 0 atom stereocenters. The summed E-state index contributed by atoms with van der Waals surface area (Å²) in [5.41, 5.74) is 1.51. The van der Waals surface area contributed by atoms with E-state index in [2.05, 4.69) is 4.72 Å². The molecule has 0 bridgehead atoms. The Morgan fingerprint density at radius 3 is 3.00 bits per heavy atom. The van der Waals surface area contributed by atoms with Crippen LogP contribution in [0.1, 0.15) is 5.56 Å². The molecule has 1 aromatic carbocycles. The lowest BCUT2D eigenvalue weighted by molar-refractivity contribution is 0.374. The van der Waals surface area contributed by atoms with Crippen molar-refractivity contribution in [1.82, 2.24) is 0 Å². The van der Waals surface area contributed by atoms with Crippen LogP contribution in [0.15, 0.2) is 18.2 Å². The molecule has 2 rings (SSSR count). The summed E-state index contributed by atoms with van der Waals surface area (Å²) >= 11 is 0. The van der Waals surface area contributed by atoms with E-state index in [9.17, 15) is 8.42 Å². The normalized spacial score (nSPS) is 18.2. The van der Waals surface area contributed by atoms with E-state index in [0.717, 1.165) is 5.56 Å². The zero-order valence-electron chi connectivity index (χ0n) is 7.07. The number of ether oxygens (including phenoxy) is 1. The summed E-state index contributed by atoms with van der Waals surface area (Å²) in [4.78, 5) is 0. The third-order valence-electron chi connectivity index (χ3n) is 1.77. The van der Waals surface area contributed by atoms with Gasteiger partial charge in [0.15, 0.2) is 0 Å². The van der Waals surface area contributed by atoms with Crippen molar-refractivity contribution in [1.29, 1.82) is 0 Å². The lowest BCUT2D eigenvalue weighted by atomic mass is 10.2. The van der Waals surface area contributed by atoms with Crippen LogP contribution in [-0.2, 0) is 10.0 Å². The fourth-order valence-electron chi connectivity index (χ4n) is 1.19. The van der Waals surface area contributed by atoms with Crippen LogP contribution in [-0.4, -0.2) is 14.4 Å². The second-order valence-electron chi connectivity index (χ2n) is 2.98. The van der Waals surface area contributed by atoms with Gasteiger partial charge in [0.2, 0.25) is 5.94 Å². The van der Waals surface area contributed by atoms with Gasteiger partial charge in [0.25, 0.3) is 10.0 Å². The molecule has 5 heteroatoms. The van der Waals surface area contributed by atoms with Crippen LogP contribution in [0.4, 0.5) is 5.69 Å². The summed E-state index contributed by atoms with van der Waals surface area (Å²) in [5.74, 6) is 0.281. The zero-order chi connectivity index (χ0) is 9.47. The molecule has 0 unspecified atom stereocenters. The molecule has 70 valence electrons. The third-order valence-corrected chi connectivity index (χ3v) is 2.73. The highest BCUT2D eigenvalue weighted by Crippen LogP contribution is 2.29. The fraction of sp³-hybridized carbons (Fsp3) is 0.250. The van der Waals surface area contributed by atoms with Gasteiger partial charge in [0.1, 0.15) is 5.75 Å². The molecule has 0 aromatic heterocycles. The number of benzene rings is 1. The Bertz CT molecular complexity index is 439. The van der Waals surface area contributed by atoms with Gasteiger partial charge >= 0.3 is 0 Å². The van der Waals surface area contributed by atoms with E-state index in [4.69, 9.17) is 4.74 Å². The third kappa shape index (κ3) is 1.60. The molecule has 0 radical (unpaired) electrons. The van der Waals surface area contributed by atoms with Crippen molar-refractivity contribution in [3.8, 4) is 5.75 Å². The Balaban J connectivity index is 2.50. The average molecular weight is 199 g/mol. The summed E-state index contributed by atoms with van der Waals surface area (Å²) in [6.07, 6.45) is 0. The van der Waals surface area contributed by atoms with Crippen molar-refractivity contribution >= 4 is 15.7 Å². The lowest BCUT2D eigenvalue weighted by Gasteiger charge is -2.19. The van der Waals surface area contributed by atoms with Gasteiger partial charge in [-0.3, -0.25) is 4.72 Å². The monoisotopic (exact) mass is 199 g/mol. The van der Waals surface area contributed by atoms with Gasteiger partial charge in [-0.2, -0.15) is 0 Å². The van der Waals surface area contributed by atoms with Crippen LogP contribution in [0, 0.1) is 6.92 Å². The van der Waals surface area contributed by atoms with E-state index in [1.807, 2.05) is 13.0 Å². The van der Waals surface area contributed by atoms with Crippen molar-refractivity contribution in [2.24, 2.45) is 0 Å². The molecular formula is C8H9NO3S. The molecule has 1 aliphatic rings. The zero-order valence-corrected chi connectivity index (χ0v) is 7.89. The summed E-state index contributed by atoms with van der Waals surface area (Å²) in [6, 6.07) is 5.37. The molecule has 0 aliphatic carbocycles. The molecule has 0 spiro atoms. The Morgan fingerprint density at radius 2 is 2.23 bits per heavy atom. The minimum absolute atomic E-state index is 0.303. The molecule has 1 aliphatic heterocycles. The number of hydrogen-bond acceptors (Lipinski definition) is 3. The highest BCUT2D eigenvalue weighted by molar-refractivity contribution is 7.92. The maximum absolute atomic E-state index is 11.1. The highest BCUT2D eigenvalue weighted by atomic mass is 32.2. The molecule has 0 saturated carbocycles. The van der Waals surface area contributed by atoms with Gasteiger partial charge in [-0.15, -0.1) is 0 Å². The molecule has 0 saturated heterocycles. The molecule has 1 aromatic rings. The molecule has 0 amide bonds. The number of aryl methyl sites for hydroxylation is 1. The largest absolute Gasteiger partial charge is 0.474 e. The van der Waals surface area contributed by atoms with E-state index < -0.39 is 10.0 Å². The van der Waals surface area contributed by atoms with Gasteiger partial charge in [0, 0.05) is 0 Å². The first-order valence-corrected chi connectivity index (χ1v) is 5.46. The molecular weight excluding hydrogens is 190 g/mol. The summed E-state index contributed by atoms with van der Waals surface area (Å²) in [5, 5.41) is 0. The van der Waals surface area contributed by atoms with E-state index in [1.54, 1.807) is 12.1 Å². The van der Waals surface area contributed by atoms with Gasteiger partial charge in [-0.25, -0.2) is 8.42 Å². The highest BCUT2D eigenvalue weighted by Gasteiger charge is 2.20. The Labute approximate surface area is 76.6 Å². The number of nitrogens with one attached hydrogen (secondary N) is 1. The lowest BCUT2D eigenvalue weighted by Crippen LogP contribution is -2.25. The first-order valence-electron chi connectivity index (χ1n) is 3.81. The van der Waals surface area contributed by atoms with Gasteiger partial charge < -0.3 is 4.74 Å². The standard InChI is InChI=1S/C8H9NO3S/c1-6-2-3-8-7(4-6)9-13(10,11)5-12-8/h2-4,9H,5H2,1H3. The van der Waals surface area contributed by atoms with Crippen molar-refractivity contribution in [3.63, 3.8) is 0 Å².